The summed E-state index contributed by atoms with van der Waals surface area (Å²) < 4.78 is 1.56. The predicted octanol–water partition coefficient (Wildman–Crippen LogP) is 4.25. The molecular weight excluding hydrogens is 382 g/mol. The molecule has 0 saturated heterocycles. The second-order valence-corrected chi connectivity index (χ2v) is 7.19. The van der Waals surface area contributed by atoms with Gasteiger partial charge in [0.25, 0.3) is 0 Å². The summed E-state index contributed by atoms with van der Waals surface area (Å²) in [5.74, 6) is 0.639. The lowest BCUT2D eigenvalue weighted by molar-refractivity contribution is 1.02. The average molecular weight is 397 g/mol. The number of nitrogens with two attached hydrogens (primary N) is 1. The minimum Gasteiger partial charge on any atom is -0.367 e. The van der Waals surface area contributed by atoms with Gasteiger partial charge in [-0.1, -0.05) is 30.3 Å². The van der Waals surface area contributed by atoms with Crippen LogP contribution in [0.1, 0.15) is 11.1 Å². The number of fused-ring (bicyclic) bond motifs is 1. The number of nitriles is 2. The van der Waals surface area contributed by atoms with E-state index in [1.54, 1.807) is 28.4 Å². The standard InChI is InChI=1S/C21H15N7S/c22-11-10-14-6-9-18-16(12-14)2-1-3-19(18)29-28-20(24)26-21(27-28)25-17-7-4-15(13-23)5-8-17/h1-9,12H,10H2,(H3,24,25,26,27). The van der Waals surface area contributed by atoms with Crippen LogP contribution in [-0.2, 0) is 6.42 Å². The predicted molar refractivity (Wildman–Crippen MR) is 113 cm³/mol. The van der Waals surface area contributed by atoms with Gasteiger partial charge in [-0.2, -0.15) is 19.6 Å². The van der Waals surface area contributed by atoms with Crippen LogP contribution in [0.3, 0.4) is 0 Å². The van der Waals surface area contributed by atoms with Crippen LogP contribution in [0.4, 0.5) is 17.6 Å². The molecule has 1 heterocycles. The maximum Gasteiger partial charge on any atom is 0.249 e. The molecule has 0 saturated carbocycles. The van der Waals surface area contributed by atoms with E-state index in [1.807, 2.05) is 36.4 Å². The molecule has 0 amide bonds. The lowest BCUT2D eigenvalue weighted by atomic mass is 10.1. The Balaban J connectivity index is 1.58. The largest absolute Gasteiger partial charge is 0.367 e. The van der Waals surface area contributed by atoms with Gasteiger partial charge in [-0.25, -0.2) is 0 Å². The minimum atomic E-state index is 0.268. The normalized spacial score (nSPS) is 10.4. The molecule has 4 aromatic rings. The molecule has 0 bridgehead atoms. The van der Waals surface area contributed by atoms with Gasteiger partial charge in [-0.15, -0.1) is 5.10 Å². The molecule has 0 atom stereocenters. The number of nitrogens with zero attached hydrogens (tertiary/aromatic N) is 5. The summed E-state index contributed by atoms with van der Waals surface area (Å²) in [6.45, 7) is 0. The van der Waals surface area contributed by atoms with Crippen molar-refractivity contribution in [2.75, 3.05) is 11.1 Å². The highest BCUT2D eigenvalue weighted by atomic mass is 32.2. The molecule has 3 aromatic carbocycles. The van der Waals surface area contributed by atoms with Crippen LogP contribution in [0.25, 0.3) is 10.8 Å². The summed E-state index contributed by atoms with van der Waals surface area (Å²) in [5, 5.41) is 27.4. The molecule has 140 valence electrons. The van der Waals surface area contributed by atoms with Gasteiger partial charge in [0.2, 0.25) is 11.9 Å². The first-order chi connectivity index (χ1) is 14.2. The smallest absolute Gasteiger partial charge is 0.249 e. The number of nitrogens with one attached hydrogen (secondary N) is 1. The van der Waals surface area contributed by atoms with Gasteiger partial charge in [0.15, 0.2) is 0 Å². The molecule has 1 aromatic heterocycles. The lowest BCUT2D eigenvalue weighted by Gasteiger charge is -2.07. The highest BCUT2D eigenvalue weighted by molar-refractivity contribution is 7.98. The molecule has 8 heteroatoms. The molecule has 4 rings (SSSR count). The van der Waals surface area contributed by atoms with Crippen LogP contribution >= 0.6 is 11.9 Å². The van der Waals surface area contributed by atoms with Gasteiger partial charge in [0, 0.05) is 22.5 Å². The van der Waals surface area contributed by atoms with Crippen molar-refractivity contribution in [1.29, 1.82) is 10.5 Å². The van der Waals surface area contributed by atoms with Crippen molar-refractivity contribution >= 4 is 40.3 Å². The third-order valence-electron chi connectivity index (χ3n) is 4.24. The van der Waals surface area contributed by atoms with E-state index in [0.29, 0.717) is 17.9 Å². The van der Waals surface area contributed by atoms with E-state index >= 15 is 0 Å². The third kappa shape index (κ3) is 3.98. The van der Waals surface area contributed by atoms with Crippen LogP contribution in [0.5, 0.6) is 0 Å². The monoisotopic (exact) mass is 397 g/mol. The van der Waals surface area contributed by atoms with E-state index in [9.17, 15) is 0 Å². The van der Waals surface area contributed by atoms with E-state index in [1.165, 1.54) is 11.9 Å². The highest BCUT2D eigenvalue weighted by Gasteiger charge is 2.11. The number of benzene rings is 3. The van der Waals surface area contributed by atoms with Crippen LogP contribution in [0, 0.1) is 22.7 Å². The number of anilines is 3. The number of hydrogen-bond acceptors (Lipinski definition) is 7. The molecule has 3 N–H and O–H groups in total. The average Bonchev–Trinajstić information content (AvgIpc) is 3.07. The Morgan fingerprint density at radius 1 is 1.07 bits per heavy atom. The van der Waals surface area contributed by atoms with Crippen molar-refractivity contribution in [3.8, 4) is 12.1 Å². The second-order valence-electron chi connectivity index (χ2n) is 6.22. The maximum atomic E-state index is 8.90. The van der Waals surface area contributed by atoms with E-state index in [2.05, 4.69) is 27.5 Å². The molecular formula is C21H15N7S. The van der Waals surface area contributed by atoms with E-state index in [-0.39, 0.29) is 5.95 Å². The van der Waals surface area contributed by atoms with Crippen LogP contribution in [0.15, 0.2) is 65.6 Å². The Bertz CT molecular complexity index is 1260. The van der Waals surface area contributed by atoms with Gasteiger partial charge < -0.3 is 11.1 Å². The van der Waals surface area contributed by atoms with E-state index in [4.69, 9.17) is 16.3 Å². The summed E-state index contributed by atoms with van der Waals surface area (Å²) in [6, 6.07) is 23.2. The Kier molecular flexibility index (Phi) is 5.02. The molecule has 0 aliphatic heterocycles. The summed E-state index contributed by atoms with van der Waals surface area (Å²) in [5.41, 5.74) is 8.37. The fourth-order valence-electron chi connectivity index (χ4n) is 2.87. The van der Waals surface area contributed by atoms with Gasteiger partial charge >= 0.3 is 0 Å². The molecule has 29 heavy (non-hydrogen) atoms. The van der Waals surface area contributed by atoms with Gasteiger partial charge in [-0.3, -0.25) is 0 Å². The topological polar surface area (TPSA) is 116 Å². The highest BCUT2D eigenvalue weighted by Crippen LogP contribution is 2.31. The SMILES string of the molecule is N#CCc1ccc2c(Sn3nc(Nc4ccc(C#N)cc4)nc3N)cccc2c1. The van der Waals surface area contributed by atoms with Gasteiger partial charge in [-0.05, 0) is 46.7 Å². The Morgan fingerprint density at radius 3 is 2.66 bits per heavy atom. The number of nitrogen functional groups attached to an aromatic ring is 1. The van der Waals surface area contributed by atoms with Crippen molar-refractivity contribution in [1.82, 2.24) is 14.2 Å². The number of hydrogen-bond donors (Lipinski definition) is 2. The maximum absolute atomic E-state index is 8.90. The second kappa shape index (κ2) is 7.93. The molecule has 0 unspecified atom stereocenters. The van der Waals surface area contributed by atoms with Crippen molar-refractivity contribution in [2.45, 2.75) is 11.3 Å². The zero-order valence-electron chi connectivity index (χ0n) is 15.2. The molecule has 0 fully saturated rings. The van der Waals surface area contributed by atoms with Crippen LogP contribution < -0.4 is 11.1 Å². The molecule has 0 aliphatic rings. The van der Waals surface area contributed by atoms with Crippen molar-refractivity contribution in [3.63, 3.8) is 0 Å². The number of rotatable bonds is 5. The Morgan fingerprint density at radius 2 is 1.90 bits per heavy atom. The summed E-state index contributed by atoms with van der Waals surface area (Å²) in [4.78, 5) is 5.24. The summed E-state index contributed by atoms with van der Waals surface area (Å²) >= 11 is 1.37. The zero-order chi connectivity index (χ0) is 20.2. The Hall–Kier alpha value is -4.01. The number of aromatic nitrogens is 3. The van der Waals surface area contributed by atoms with Crippen molar-refractivity contribution < 1.29 is 0 Å². The van der Waals surface area contributed by atoms with Crippen LogP contribution in [0.2, 0.25) is 0 Å². The quantitative estimate of drug-likeness (QED) is 0.517. The molecule has 0 radical (unpaired) electrons. The lowest BCUT2D eigenvalue weighted by Crippen LogP contribution is -1.97. The summed E-state index contributed by atoms with van der Waals surface area (Å²) in [6.07, 6.45) is 0.383. The molecule has 7 nitrogen and oxygen atoms in total. The van der Waals surface area contributed by atoms with Crippen molar-refractivity contribution in [3.05, 3.63) is 71.8 Å². The first-order valence-electron chi connectivity index (χ1n) is 8.73. The van der Waals surface area contributed by atoms with Gasteiger partial charge in [0.1, 0.15) is 0 Å². The Labute approximate surface area is 171 Å². The molecule has 0 spiro atoms. The van der Waals surface area contributed by atoms with Gasteiger partial charge in [0.05, 0.1) is 24.1 Å². The van der Waals surface area contributed by atoms with E-state index < -0.39 is 0 Å². The minimum absolute atomic E-state index is 0.268. The summed E-state index contributed by atoms with van der Waals surface area (Å²) in [7, 11) is 0. The first-order valence-corrected chi connectivity index (χ1v) is 9.50. The first kappa shape index (κ1) is 18.4. The van der Waals surface area contributed by atoms with Crippen LogP contribution in [-0.4, -0.2) is 14.2 Å². The zero-order valence-corrected chi connectivity index (χ0v) is 16.0. The fraction of sp³-hybridized carbons (Fsp3) is 0.0476. The van der Waals surface area contributed by atoms with Crippen molar-refractivity contribution in [2.24, 2.45) is 0 Å². The fourth-order valence-corrected chi connectivity index (χ4v) is 3.73. The molecule has 0 aliphatic carbocycles. The van der Waals surface area contributed by atoms with E-state index in [0.717, 1.165) is 26.9 Å². The third-order valence-corrected chi connectivity index (χ3v) is 5.24.